The first kappa shape index (κ1) is 16.0. The predicted octanol–water partition coefficient (Wildman–Crippen LogP) is 2.20. The summed E-state index contributed by atoms with van der Waals surface area (Å²) in [5, 5.41) is 16.7. The lowest BCUT2D eigenvalue weighted by Gasteiger charge is -2.26. The largest absolute Gasteiger partial charge is 0.396 e. The molecule has 6 heteroatoms. The lowest BCUT2D eigenvalue weighted by Crippen LogP contribution is -2.34. The minimum atomic E-state index is -0.477. The SMILES string of the molecule is Cc1nn(CC(O)CN(C)C(C)c2cccs2)c(C)c1N. The second-order valence-electron chi connectivity index (χ2n) is 5.55. The number of aliphatic hydroxyl groups is 1. The van der Waals surface area contributed by atoms with E-state index in [1.54, 1.807) is 16.0 Å². The Morgan fingerprint density at radius 1 is 1.48 bits per heavy atom. The van der Waals surface area contributed by atoms with E-state index >= 15 is 0 Å². The zero-order valence-corrected chi connectivity index (χ0v) is 13.9. The third-order valence-electron chi connectivity index (χ3n) is 3.94. The molecule has 0 bridgehead atoms. The summed E-state index contributed by atoms with van der Waals surface area (Å²) in [5.41, 5.74) is 8.37. The third-order valence-corrected chi connectivity index (χ3v) is 4.98. The van der Waals surface area contributed by atoms with E-state index in [2.05, 4.69) is 34.4 Å². The van der Waals surface area contributed by atoms with Crippen molar-refractivity contribution in [3.8, 4) is 0 Å². The van der Waals surface area contributed by atoms with Crippen LogP contribution in [-0.2, 0) is 6.54 Å². The minimum absolute atomic E-state index is 0.296. The van der Waals surface area contributed by atoms with E-state index in [4.69, 9.17) is 5.73 Å². The summed E-state index contributed by atoms with van der Waals surface area (Å²) in [4.78, 5) is 3.46. The molecular formula is C15H24N4OS. The van der Waals surface area contributed by atoms with Gasteiger partial charge in [-0.05, 0) is 39.3 Å². The molecule has 0 aliphatic carbocycles. The van der Waals surface area contributed by atoms with Crippen molar-refractivity contribution in [1.82, 2.24) is 14.7 Å². The lowest BCUT2D eigenvalue weighted by atomic mass is 10.2. The predicted molar refractivity (Wildman–Crippen MR) is 87.5 cm³/mol. The number of aryl methyl sites for hydroxylation is 1. The molecule has 0 saturated carbocycles. The summed E-state index contributed by atoms with van der Waals surface area (Å²) >= 11 is 1.74. The van der Waals surface area contributed by atoms with Gasteiger partial charge in [-0.1, -0.05) is 6.07 Å². The molecule has 0 aliphatic heterocycles. The van der Waals surface area contributed by atoms with Crippen molar-refractivity contribution in [2.75, 3.05) is 19.3 Å². The minimum Gasteiger partial charge on any atom is -0.396 e. The molecule has 21 heavy (non-hydrogen) atoms. The van der Waals surface area contributed by atoms with Crippen LogP contribution in [0.1, 0.15) is 29.2 Å². The second-order valence-corrected chi connectivity index (χ2v) is 6.53. The van der Waals surface area contributed by atoms with Crippen molar-refractivity contribution < 1.29 is 5.11 Å². The van der Waals surface area contributed by atoms with Gasteiger partial charge in [-0.25, -0.2) is 0 Å². The highest BCUT2D eigenvalue weighted by atomic mass is 32.1. The van der Waals surface area contributed by atoms with Crippen LogP contribution >= 0.6 is 11.3 Å². The van der Waals surface area contributed by atoms with Gasteiger partial charge in [0.1, 0.15) is 0 Å². The van der Waals surface area contributed by atoms with Crippen LogP contribution in [0.25, 0.3) is 0 Å². The van der Waals surface area contributed by atoms with E-state index in [1.807, 2.05) is 20.9 Å². The zero-order chi connectivity index (χ0) is 15.6. The molecule has 0 amide bonds. The van der Waals surface area contributed by atoms with E-state index in [9.17, 15) is 5.11 Å². The number of hydrogen-bond donors (Lipinski definition) is 2. The fourth-order valence-corrected chi connectivity index (χ4v) is 3.23. The first-order valence-corrected chi connectivity index (χ1v) is 7.99. The molecule has 0 aliphatic rings. The number of rotatable bonds is 6. The summed E-state index contributed by atoms with van der Waals surface area (Å²) in [6.45, 7) is 7.03. The van der Waals surface area contributed by atoms with Gasteiger partial charge in [-0.2, -0.15) is 5.10 Å². The molecule has 2 rings (SSSR count). The number of nitrogens with zero attached hydrogens (tertiary/aromatic N) is 3. The number of likely N-dealkylation sites (N-methyl/N-ethyl adjacent to an activating group) is 1. The third kappa shape index (κ3) is 3.64. The van der Waals surface area contributed by atoms with E-state index in [-0.39, 0.29) is 0 Å². The van der Waals surface area contributed by atoms with Gasteiger partial charge in [-0.3, -0.25) is 9.58 Å². The maximum Gasteiger partial charge on any atom is 0.0862 e. The molecule has 0 spiro atoms. The number of aliphatic hydroxyl groups excluding tert-OH is 1. The lowest BCUT2D eigenvalue weighted by molar-refractivity contribution is 0.0911. The topological polar surface area (TPSA) is 67.3 Å². The molecule has 2 atom stereocenters. The summed E-state index contributed by atoms with van der Waals surface area (Å²) in [5.74, 6) is 0. The molecule has 0 saturated heterocycles. The van der Waals surface area contributed by atoms with Crippen LogP contribution in [0.5, 0.6) is 0 Å². The summed E-state index contributed by atoms with van der Waals surface area (Å²) in [6, 6.07) is 4.48. The van der Waals surface area contributed by atoms with Crippen LogP contribution in [0.4, 0.5) is 5.69 Å². The van der Waals surface area contributed by atoms with Crippen molar-refractivity contribution in [1.29, 1.82) is 0 Å². The van der Waals surface area contributed by atoms with E-state index < -0.39 is 6.10 Å². The summed E-state index contributed by atoms with van der Waals surface area (Å²) in [7, 11) is 2.03. The van der Waals surface area contributed by atoms with Gasteiger partial charge >= 0.3 is 0 Å². The van der Waals surface area contributed by atoms with E-state index in [0.29, 0.717) is 24.8 Å². The smallest absolute Gasteiger partial charge is 0.0862 e. The molecule has 2 aromatic heterocycles. The molecule has 0 radical (unpaired) electrons. The Bertz CT molecular complexity index is 579. The van der Waals surface area contributed by atoms with Crippen LogP contribution in [0, 0.1) is 13.8 Å². The van der Waals surface area contributed by atoms with E-state index in [0.717, 1.165) is 11.4 Å². The van der Waals surface area contributed by atoms with Crippen molar-refractivity contribution in [3.05, 3.63) is 33.8 Å². The molecule has 3 N–H and O–H groups in total. The Hall–Kier alpha value is -1.37. The standard InChI is InChI=1S/C15H24N4OS/c1-10-15(16)12(3)19(17-10)9-13(20)8-18(4)11(2)14-6-5-7-21-14/h5-7,11,13,20H,8-9,16H2,1-4H3. The number of hydrogen-bond acceptors (Lipinski definition) is 5. The van der Waals surface area contributed by atoms with Crippen LogP contribution in [-0.4, -0.2) is 39.5 Å². The molecule has 5 nitrogen and oxygen atoms in total. The monoisotopic (exact) mass is 308 g/mol. The zero-order valence-electron chi connectivity index (χ0n) is 13.1. The second kappa shape index (κ2) is 6.60. The molecular weight excluding hydrogens is 284 g/mol. The number of nitrogen functional groups attached to an aromatic ring is 1. The van der Waals surface area contributed by atoms with Crippen LogP contribution < -0.4 is 5.73 Å². The number of anilines is 1. The van der Waals surface area contributed by atoms with Gasteiger partial charge in [0, 0.05) is 17.5 Å². The van der Waals surface area contributed by atoms with Gasteiger partial charge in [0.25, 0.3) is 0 Å². The number of nitrogens with two attached hydrogens (primary N) is 1. The van der Waals surface area contributed by atoms with Crippen LogP contribution in [0.15, 0.2) is 17.5 Å². The molecule has 2 aromatic rings. The Balaban J connectivity index is 1.95. The van der Waals surface area contributed by atoms with Gasteiger partial charge in [0.2, 0.25) is 0 Å². The van der Waals surface area contributed by atoms with Crippen molar-refractivity contribution in [2.24, 2.45) is 0 Å². The molecule has 2 unspecified atom stereocenters. The highest BCUT2D eigenvalue weighted by Crippen LogP contribution is 2.23. The average Bonchev–Trinajstić information content (AvgIpc) is 3.04. The average molecular weight is 308 g/mol. The maximum absolute atomic E-state index is 10.3. The molecule has 2 heterocycles. The van der Waals surface area contributed by atoms with Crippen molar-refractivity contribution in [3.63, 3.8) is 0 Å². The Kier molecular flexibility index (Phi) is 5.03. The normalized spacial score (nSPS) is 14.6. The fourth-order valence-electron chi connectivity index (χ4n) is 2.38. The Morgan fingerprint density at radius 3 is 2.71 bits per heavy atom. The van der Waals surface area contributed by atoms with Gasteiger partial charge < -0.3 is 10.8 Å². The molecule has 116 valence electrons. The van der Waals surface area contributed by atoms with Gasteiger partial charge in [0.05, 0.1) is 29.7 Å². The number of aromatic nitrogens is 2. The highest BCUT2D eigenvalue weighted by Gasteiger charge is 2.18. The molecule has 0 fully saturated rings. The van der Waals surface area contributed by atoms with Crippen LogP contribution in [0.2, 0.25) is 0 Å². The summed E-state index contributed by atoms with van der Waals surface area (Å²) < 4.78 is 1.79. The fraction of sp³-hybridized carbons (Fsp3) is 0.533. The quantitative estimate of drug-likeness (QED) is 0.858. The molecule has 0 aromatic carbocycles. The number of thiophene rings is 1. The Morgan fingerprint density at radius 2 is 2.19 bits per heavy atom. The van der Waals surface area contributed by atoms with Gasteiger partial charge in [-0.15, -0.1) is 11.3 Å². The maximum atomic E-state index is 10.3. The van der Waals surface area contributed by atoms with Crippen molar-refractivity contribution >= 4 is 17.0 Å². The van der Waals surface area contributed by atoms with E-state index in [1.165, 1.54) is 4.88 Å². The van der Waals surface area contributed by atoms with Gasteiger partial charge in [0.15, 0.2) is 0 Å². The Labute approximate surface area is 130 Å². The van der Waals surface area contributed by atoms with Crippen molar-refractivity contribution in [2.45, 2.75) is 39.5 Å². The first-order chi connectivity index (χ1) is 9.90. The van der Waals surface area contributed by atoms with Crippen LogP contribution in [0.3, 0.4) is 0 Å². The summed E-state index contributed by atoms with van der Waals surface area (Å²) in [6.07, 6.45) is -0.477. The first-order valence-electron chi connectivity index (χ1n) is 7.11. The highest BCUT2D eigenvalue weighted by molar-refractivity contribution is 7.10.